The second-order valence-corrected chi connectivity index (χ2v) is 9.14. The van der Waals surface area contributed by atoms with Crippen LogP contribution >= 0.6 is 11.8 Å². The van der Waals surface area contributed by atoms with Crippen LogP contribution in [0.25, 0.3) is 10.9 Å². The van der Waals surface area contributed by atoms with Crippen molar-refractivity contribution in [2.75, 3.05) is 5.75 Å². The van der Waals surface area contributed by atoms with E-state index in [1.54, 1.807) is 0 Å². The Morgan fingerprint density at radius 1 is 1.03 bits per heavy atom. The zero-order valence-corrected chi connectivity index (χ0v) is 18.1. The van der Waals surface area contributed by atoms with E-state index >= 15 is 0 Å². The van der Waals surface area contributed by atoms with Crippen molar-refractivity contribution in [3.05, 3.63) is 36.0 Å². The summed E-state index contributed by atoms with van der Waals surface area (Å²) >= 11 is 1.87. The molecule has 2 fully saturated rings. The summed E-state index contributed by atoms with van der Waals surface area (Å²) < 4.78 is 0. The number of carbonyl (C=O) groups is 3. The van der Waals surface area contributed by atoms with Crippen LogP contribution in [0.4, 0.5) is 4.79 Å². The minimum absolute atomic E-state index is 0.0640. The molecule has 8 nitrogen and oxygen atoms in total. The van der Waals surface area contributed by atoms with Crippen LogP contribution in [0, 0.1) is 0 Å². The second kappa shape index (κ2) is 11.1. The molecule has 2 amide bonds. The molecule has 0 saturated carbocycles. The molecular weight excluding hydrogens is 418 g/mol. The molecule has 168 valence electrons. The number of nitrogens with one attached hydrogen (secondary N) is 3. The Morgan fingerprint density at radius 3 is 2.55 bits per heavy atom. The first-order chi connectivity index (χ1) is 14.9. The summed E-state index contributed by atoms with van der Waals surface area (Å²) in [5.74, 6) is -0.491. The van der Waals surface area contributed by atoms with E-state index in [4.69, 9.17) is 10.2 Å². The summed E-state index contributed by atoms with van der Waals surface area (Å²) in [6, 6.07) is 8.50. The van der Waals surface area contributed by atoms with E-state index in [1.807, 2.05) is 36.2 Å². The summed E-state index contributed by atoms with van der Waals surface area (Å²) in [4.78, 5) is 35.0. The fourth-order valence-electron chi connectivity index (χ4n) is 4.03. The summed E-state index contributed by atoms with van der Waals surface area (Å²) in [6.07, 6.45) is 6.59. The van der Waals surface area contributed by atoms with Crippen molar-refractivity contribution in [2.45, 2.75) is 62.3 Å². The van der Waals surface area contributed by atoms with Crippen LogP contribution < -0.4 is 10.6 Å². The fourth-order valence-corrected chi connectivity index (χ4v) is 5.58. The predicted molar refractivity (Wildman–Crippen MR) is 120 cm³/mol. The molecular formula is C22H29N3O5S. The molecule has 4 rings (SSSR count). The van der Waals surface area contributed by atoms with Gasteiger partial charge in [0.05, 0.1) is 12.1 Å². The van der Waals surface area contributed by atoms with E-state index in [2.05, 4.69) is 21.7 Å². The number of hydrogen-bond acceptors (Lipinski definition) is 4. The first kappa shape index (κ1) is 23.0. The molecule has 3 atom stereocenters. The van der Waals surface area contributed by atoms with E-state index in [-0.39, 0.29) is 31.0 Å². The SMILES string of the molecule is O=C(O)CCCC[C@@H]1SC[C@@H]2NC(=O)N[C@@H]21.O=C(O)CCCc1c[nH]c2ccccc12. The summed E-state index contributed by atoms with van der Waals surface area (Å²) in [5.41, 5.74) is 2.31. The number of urea groups is 1. The van der Waals surface area contributed by atoms with Gasteiger partial charge in [0.25, 0.3) is 0 Å². The van der Waals surface area contributed by atoms with Crippen LogP contribution in [0.15, 0.2) is 30.5 Å². The minimum Gasteiger partial charge on any atom is -0.481 e. The Morgan fingerprint density at radius 2 is 1.77 bits per heavy atom. The van der Waals surface area contributed by atoms with Gasteiger partial charge < -0.3 is 25.8 Å². The number of H-pyrrole nitrogens is 1. The molecule has 2 aromatic rings. The molecule has 31 heavy (non-hydrogen) atoms. The molecule has 2 aliphatic rings. The lowest BCUT2D eigenvalue weighted by Gasteiger charge is -2.16. The largest absolute Gasteiger partial charge is 0.481 e. The number of para-hydroxylation sites is 1. The molecule has 0 aliphatic carbocycles. The van der Waals surface area contributed by atoms with Crippen molar-refractivity contribution in [1.82, 2.24) is 15.6 Å². The van der Waals surface area contributed by atoms with Gasteiger partial charge >= 0.3 is 18.0 Å². The van der Waals surface area contributed by atoms with Crippen LogP contribution in [-0.2, 0) is 16.0 Å². The molecule has 0 radical (unpaired) electrons. The highest BCUT2D eigenvalue weighted by molar-refractivity contribution is 8.00. The molecule has 2 saturated heterocycles. The minimum atomic E-state index is -0.729. The molecule has 1 aromatic heterocycles. The van der Waals surface area contributed by atoms with Gasteiger partial charge in [0.15, 0.2) is 0 Å². The van der Waals surface area contributed by atoms with E-state index in [9.17, 15) is 14.4 Å². The van der Waals surface area contributed by atoms with Crippen LogP contribution in [0.3, 0.4) is 0 Å². The zero-order valence-electron chi connectivity index (χ0n) is 17.3. The highest BCUT2D eigenvalue weighted by atomic mass is 32.2. The monoisotopic (exact) mass is 447 g/mol. The van der Waals surface area contributed by atoms with Gasteiger partial charge in [-0.1, -0.05) is 24.6 Å². The number of carboxylic acid groups (broad SMARTS) is 2. The normalized spacial score (nSPS) is 21.7. The maximum atomic E-state index is 11.1. The number of carboxylic acids is 2. The summed E-state index contributed by atoms with van der Waals surface area (Å²) in [5, 5.41) is 24.5. The Labute approximate surface area is 185 Å². The van der Waals surface area contributed by atoms with Gasteiger partial charge in [-0.05, 0) is 37.3 Å². The first-order valence-corrected chi connectivity index (χ1v) is 11.7. The van der Waals surface area contributed by atoms with Crippen LogP contribution in [0.2, 0.25) is 0 Å². The van der Waals surface area contributed by atoms with Gasteiger partial charge in [-0.15, -0.1) is 0 Å². The van der Waals surface area contributed by atoms with Gasteiger partial charge in [-0.2, -0.15) is 11.8 Å². The summed E-state index contributed by atoms with van der Waals surface area (Å²) in [7, 11) is 0. The number of amides is 2. The number of fused-ring (bicyclic) bond motifs is 2. The highest BCUT2D eigenvalue weighted by Crippen LogP contribution is 2.33. The average molecular weight is 448 g/mol. The van der Waals surface area contributed by atoms with Crippen LogP contribution in [0.5, 0.6) is 0 Å². The average Bonchev–Trinajstić information content (AvgIpc) is 3.40. The van der Waals surface area contributed by atoms with Gasteiger partial charge in [-0.25, -0.2) is 4.79 Å². The third-order valence-corrected chi connectivity index (χ3v) is 7.09. The topological polar surface area (TPSA) is 132 Å². The molecule has 1 aromatic carbocycles. The lowest BCUT2D eigenvalue weighted by molar-refractivity contribution is -0.138. The maximum absolute atomic E-state index is 11.1. The standard InChI is InChI=1S/C12H13NO2.C10H16N2O3S/c14-12(15)7-3-4-9-8-13-11-6-2-1-5-10(9)11;13-8(14)4-2-1-3-7-9-6(5-16-7)11-10(15)12-9/h1-2,5-6,8,13H,3-4,7H2,(H,14,15);6-7,9H,1-5H2,(H,13,14)(H2,11,12,15)/t;6-,7-,9-/m.0/s1. The third-order valence-electron chi connectivity index (χ3n) is 5.58. The van der Waals surface area contributed by atoms with Gasteiger partial charge in [0.2, 0.25) is 0 Å². The Balaban J connectivity index is 0.000000176. The second-order valence-electron chi connectivity index (χ2n) is 7.87. The number of aliphatic carboxylic acids is 2. The van der Waals surface area contributed by atoms with Crippen LogP contribution in [-0.4, -0.2) is 56.3 Å². The number of carbonyl (C=O) groups excluding carboxylic acids is 1. The number of thioether (sulfide) groups is 1. The van der Waals surface area contributed by atoms with E-state index < -0.39 is 11.9 Å². The highest BCUT2D eigenvalue weighted by Gasteiger charge is 2.42. The first-order valence-electron chi connectivity index (χ1n) is 10.6. The molecule has 5 N–H and O–H groups in total. The van der Waals surface area contributed by atoms with E-state index in [1.165, 1.54) is 10.9 Å². The number of unbranched alkanes of at least 4 members (excludes halogenated alkanes) is 1. The summed E-state index contributed by atoms with van der Waals surface area (Å²) in [6.45, 7) is 0. The van der Waals surface area contributed by atoms with Gasteiger partial charge in [0.1, 0.15) is 0 Å². The quantitative estimate of drug-likeness (QED) is 0.296. The van der Waals surface area contributed by atoms with E-state index in [0.29, 0.717) is 11.7 Å². The van der Waals surface area contributed by atoms with Gasteiger partial charge in [-0.3, -0.25) is 9.59 Å². The van der Waals surface area contributed by atoms with Crippen molar-refractivity contribution in [3.8, 4) is 0 Å². The number of aryl methyl sites for hydroxylation is 1. The number of aromatic amines is 1. The van der Waals surface area contributed by atoms with Crippen LogP contribution in [0.1, 0.15) is 44.1 Å². The molecule has 0 unspecified atom stereocenters. The number of rotatable bonds is 9. The molecule has 2 aliphatic heterocycles. The molecule has 0 spiro atoms. The number of hydrogen-bond donors (Lipinski definition) is 5. The predicted octanol–water partition coefficient (Wildman–Crippen LogP) is 3.37. The lowest BCUT2D eigenvalue weighted by atomic mass is 10.0. The number of benzene rings is 1. The van der Waals surface area contributed by atoms with Crippen molar-refractivity contribution < 1.29 is 24.6 Å². The van der Waals surface area contributed by atoms with Crippen molar-refractivity contribution >= 4 is 40.6 Å². The van der Waals surface area contributed by atoms with Crippen molar-refractivity contribution in [1.29, 1.82) is 0 Å². The number of aromatic nitrogens is 1. The fraction of sp³-hybridized carbons (Fsp3) is 0.500. The molecule has 3 heterocycles. The molecule has 0 bridgehead atoms. The van der Waals surface area contributed by atoms with E-state index in [0.717, 1.165) is 37.0 Å². The smallest absolute Gasteiger partial charge is 0.315 e. The molecule has 9 heteroatoms. The third kappa shape index (κ3) is 6.65. The Hall–Kier alpha value is -2.68. The van der Waals surface area contributed by atoms with Crippen molar-refractivity contribution in [3.63, 3.8) is 0 Å². The van der Waals surface area contributed by atoms with Crippen molar-refractivity contribution in [2.24, 2.45) is 0 Å². The van der Waals surface area contributed by atoms with Gasteiger partial charge in [0, 0.05) is 40.9 Å². The maximum Gasteiger partial charge on any atom is 0.315 e. The zero-order chi connectivity index (χ0) is 22.2. The Kier molecular flexibility index (Phi) is 8.22. The Bertz CT molecular complexity index is 915. The lowest BCUT2D eigenvalue weighted by Crippen LogP contribution is -2.36.